The monoisotopic (exact) mass is 396 g/mol. The molecule has 0 amide bonds. The van der Waals surface area contributed by atoms with Gasteiger partial charge in [0, 0.05) is 41.7 Å². The van der Waals surface area contributed by atoms with Crippen molar-refractivity contribution in [3.63, 3.8) is 0 Å². The van der Waals surface area contributed by atoms with Crippen LogP contribution in [0.15, 0.2) is 48.5 Å². The second-order valence-corrected chi connectivity index (χ2v) is 7.92. The average molecular weight is 397 g/mol. The number of aromatic nitrogens is 1. The number of ether oxygens (including phenoxy) is 1. The first-order valence-electron chi connectivity index (χ1n) is 9.73. The number of piperidine rings is 1. The van der Waals surface area contributed by atoms with Crippen molar-refractivity contribution in [2.24, 2.45) is 5.92 Å². The van der Waals surface area contributed by atoms with Gasteiger partial charge in [0.15, 0.2) is 0 Å². The Bertz CT molecular complexity index is 959. The van der Waals surface area contributed by atoms with Crippen molar-refractivity contribution in [1.82, 2.24) is 9.88 Å². The Morgan fingerprint density at radius 3 is 2.75 bits per heavy atom. The summed E-state index contributed by atoms with van der Waals surface area (Å²) in [7, 11) is 1.67. The minimum Gasteiger partial charge on any atom is -0.497 e. The molecule has 0 spiro atoms. The average Bonchev–Trinajstić information content (AvgIpc) is 2.73. The maximum atomic E-state index is 9.56. The van der Waals surface area contributed by atoms with Gasteiger partial charge < -0.3 is 9.84 Å². The van der Waals surface area contributed by atoms with Gasteiger partial charge in [0.1, 0.15) is 5.75 Å². The van der Waals surface area contributed by atoms with E-state index in [4.69, 9.17) is 21.3 Å². The van der Waals surface area contributed by atoms with E-state index in [0.717, 1.165) is 65.4 Å². The Kier molecular flexibility index (Phi) is 5.81. The van der Waals surface area contributed by atoms with Crippen LogP contribution in [0, 0.1) is 5.92 Å². The zero-order valence-corrected chi connectivity index (χ0v) is 16.8. The Morgan fingerprint density at radius 2 is 2.00 bits per heavy atom. The SMILES string of the molecule is COc1ccc2cc(CN3CCC[C@@H](CO)C3)c(-c3ccc(Cl)cc3)nc2c1. The summed E-state index contributed by atoms with van der Waals surface area (Å²) in [5, 5.41) is 11.4. The van der Waals surface area contributed by atoms with E-state index in [9.17, 15) is 5.11 Å². The van der Waals surface area contributed by atoms with E-state index in [1.54, 1.807) is 7.11 Å². The zero-order valence-electron chi connectivity index (χ0n) is 16.1. The Labute approximate surface area is 170 Å². The number of hydrogen-bond donors (Lipinski definition) is 1. The third-order valence-electron chi connectivity index (χ3n) is 5.48. The van der Waals surface area contributed by atoms with Gasteiger partial charge in [-0.2, -0.15) is 0 Å². The quantitative estimate of drug-likeness (QED) is 0.674. The minimum atomic E-state index is 0.260. The molecule has 28 heavy (non-hydrogen) atoms. The number of fused-ring (bicyclic) bond motifs is 1. The molecule has 146 valence electrons. The number of rotatable bonds is 5. The second-order valence-electron chi connectivity index (χ2n) is 7.49. The van der Waals surface area contributed by atoms with E-state index in [2.05, 4.69) is 17.0 Å². The van der Waals surface area contributed by atoms with Gasteiger partial charge in [-0.15, -0.1) is 0 Å². The number of pyridine rings is 1. The summed E-state index contributed by atoms with van der Waals surface area (Å²) in [5.41, 5.74) is 4.14. The lowest BCUT2D eigenvalue weighted by molar-refractivity contribution is 0.116. The Balaban J connectivity index is 1.76. The predicted molar refractivity (Wildman–Crippen MR) is 114 cm³/mol. The first-order chi connectivity index (χ1) is 13.7. The van der Waals surface area contributed by atoms with Crippen LogP contribution in [0.25, 0.3) is 22.2 Å². The van der Waals surface area contributed by atoms with Crippen molar-refractivity contribution < 1.29 is 9.84 Å². The first kappa shape index (κ1) is 19.2. The first-order valence-corrected chi connectivity index (χ1v) is 10.1. The molecular formula is C23H25ClN2O2. The molecule has 0 unspecified atom stereocenters. The van der Waals surface area contributed by atoms with Crippen LogP contribution in [0.5, 0.6) is 5.75 Å². The van der Waals surface area contributed by atoms with Crippen molar-refractivity contribution in [3.8, 4) is 17.0 Å². The molecule has 0 radical (unpaired) electrons. The molecule has 5 heteroatoms. The van der Waals surface area contributed by atoms with Gasteiger partial charge in [0.05, 0.1) is 18.3 Å². The molecule has 4 nitrogen and oxygen atoms in total. The van der Waals surface area contributed by atoms with Crippen LogP contribution in [-0.4, -0.2) is 41.8 Å². The summed E-state index contributed by atoms with van der Waals surface area (Å²) in [6.07, 6.45) is 2.23. The largest absolute Gasteiger partial charge is 0.497 e. The second kappa shape index (κ2) is 8.48. The number of aliphatic hydroxyl groups is 1. The number of likely N-dealkylation sites (tertiary alicyclic amines) is 1. The summed E-state index contributed by atoms with van der Waals surface area (Å²) >= 11 is 6.09. The number of hydrogen-bond acceptors (Lipinski definition) is 4. The van der Waals surface area contributed by atoms with E-state index >= 15 is 0 Å². The normalized spacial score (nSPS) is 17.8. The molecule has 1 aliphatic rings. The highest BCUT2D eigenvalue weighted by Crippen LogP contribution is 2.30. The van der Waals surface area contributed by atoms with E-state index in [1.807, 2.05) is 36.4 Å². The van der Waals surface area contributed by atoms with Crippen molar-refractivity contribution in [1.29, 1.82) is 0 Å². The van der Waals surface area contributed by atoms with Crippen LogP contribution in [0.2, 0.25) is 5.02 Å². The van der Waals surface area contributed by atoms with Gasteiger partial charge >= 0.3 is 0 Å². The number of nitrogens with zero attached hydrogens (tertiary/aromatic N) is 2. The highest BCUT2D eigenvalue weighted by Gasteiger charge is 2.21. The van der Waals surface area contributed by atoms with Gasteiger partial charge in [0.25, 0.3) is 0 Å². The molecule has 2 aromatic carbocycles. The number of benzene rings is 2. The topological polar surface area (TPSA) is 45.6 Å². The molecule has 1 fully saturated rings. The lowest BCUT2D eigenvalue weighted by atomic mass is 9.97. The standard InChI is InChI=1S/C23H25ClN2O2/c1-28-21-9-6-18-11-19(14-26-10-2-3-16(13-26)15-27)23(25-22(18)12-21)17-4-7-20(24)8-5-17/h4-9,11-12,16,27H,2-3,10,13-15H2,1H3/t16-/m1/s1. The molecule has 1 aliphatic heterocycles. The predicted octanol–water partition coefficient (Wildman–Crippen LogP) is 4.77. The molecule has 0 bridgehead atoms. The van der Waals surface area contributed by atoms with Crippen molar-refractivity contribution in [2.75, 3.05) is 26.8 Å². The van der Waals surface area contributed by atoms with Gasteiger partial charge in [-0.1, -0.05) is 23.7 Å². The maximum absolute atomic E-state index is 9.56. The Morgan fingerprint density at radius 1 is 1.18 bits per heavy atom. The molecule has 0 saturated carbocycles. The molecule has 1 saturated heterocycles. The summed E-state index contributed by atoms with van der Waals surface area (Å²) in [6.45, 7) is 3.06. The molecule has 3 aromatic rings. The van der Waals surface area contributed by atoms with Crippen LogP contribution in [-0.2, 0) is 6.54 Å². The number of methoxy groups -OCH3 is 1. The lowest BCUT2D eigenvalue weighted by Crippen LogP contribution is -2.36. The van der Waals surface area contributed by atoms with E-state index in [0.29, 0.717) is 5.92 Å². The molecular weight excluding hydrogens is 372 g/mol. The highest BCUT2D eigenvalue weighted by atomic mass is 35.5. The van der Waals surface area contributed by atoms with Crippen LogP contribution in [0.4, 0.5) is 0 Å². The van der Waals surface area contributed by atoms with Crippen molar-refractivity contribution in [2.45, 2.75) is 19.4 Å². The number of halogens is 1. The van der Waals surface area contributed by atoms with Gasteiger partial charge in [0.2, 0.25) is 0 Å². The number of aliphatic hydroxyl groups excluding tert-OH is 1. The molecule has 1 atom stereocenters. The van der Waals surface area contributed by atoms with Crippen molar-refractivity contribution >= 4 is 22.5 Å². The molecule has 4 rings (SSSR count). The van der Waals surface area contributed by atoms with Gasteiger partial charge in [-0.3, -0.25) is 4.90 Å². The van der Waals surface area contributed by atoms with E-state index in [-0.39, 0.29) is 6.61 Å². The summed E-state index contributed by atoms with van der Waals surface area (Å²) in [6, 6.07) is 16.1. The summed E-state index contributed by atoms with van der Waals surface area (Å²) in [5.74, 6) is 1.17. The van der Waals surface area contributed by atoms with E-state index < -0.39 is 0 Å². The summed E-state index contributed by atoms with van der Waals surface area (Å²) in [4.78, 5) is 7.42. The maximum Gasteiger partial charge on any atom is 0.121 e. The smallest absolute Gasteiger partial charge is 0.121 e. The van der Waals surface area contributed by atoms with E-state index in [1.165, 1.54) is 5.56 Å². The minimum absolute atomic E-state index is 0.260. The third-order valence-corrected chi connectivity index (χ3v) is 5.73. The molecule has 2 heterocycles. The molecule has 0 aliphatic carbocycles. The van der Waals surface area contributed by atoms with Gasteiger partial charge in [-0.05, 0) is 61.2 Å². The van der Waals surface area contributed by atoms with Crippen LogP contribution >= 0.6 is 11.6 Å². The fourth-order valence-corrected chi connectivity index (χ4v) is 4.11. The van der Waals surface area contributed by atoms with Crippen LogP contribution in [0.3, 0.4) is 0 Å². The lowest BCUT2D eigenvalue weighted by Gasteiger charge is -2.32. The fourth-order valence-electron chi connectivity index (χ4n) is 3.98. The van der Waals surface area contributed by atoms with Crippen LogP contribution in [0.1, 0.15) is 18.4 Å². The molecule has 1 aromatic heterocycles. The third kappa shape index (κ3) is 4.14. The zero-order chi connectivity index (χ0) is 19.5. The van der Waals surface area contributed by atoms with Gasteiger partial charge in [-0.25, -0.2) is 4.98 Å². The summed E-state index contributed by atoms with van der Waals surface area (Å²) < 4.78 is 5.37. The van der Waals surface area contributed by atoms with Crippen LogP contribution < -0.4 is 4.74 Å². The fraction of sp³-hybridized carbons (Fsp3) is 0.348. The highest BCUT2D eigenvalue weighted by molar-refractivity contribution is 6.30. The molecule has 1 N–H and O–H groups in total. The van der Waals surface area contributed by atoms with Crippen molar-refractivity contribution in [3.05, 3.63) is 59.1 Å². The Hall–Kier alpha value is -2.14.